The van der Waals surface area contributed by atoms with Gasteiger partial charge in [0.05, 0.1) is 0 Å². The van der Waals surface area contributed by atoms with Gasteiger partial charge in [-0.25, -0.2) is 0 Å². The van der Waals surface area contributed by atoms with Crippen molar-refractivity contribution in [1.29, 1.82) is 0 Å². The molecule has 0 spiro atoms. The molecule has 0 aromatic heterocycles. The molecule has 17 heavy (non-hydrogen) atoms. The summed E-state index contributed by atoms with van der Waals surface area (Å²) in [7, 11) is 0. The Morgan fingerprint density at radius 3 is 2.47 bits per heavy atom. The summed E-state index contributed by atoms with van der Waals surface area (Å²) in [5, 5.41) is 0. The molecule has 1 nitrogen and oxygen atoms in total. The fourth-order valence-corrected chi connectivity index (χ4v) is 2.70. The second kappa shape index (κ2) is 5.50. The predicted molar refractivity (Wildman–Crippen MR) is 73.9 cm³/mol. The van der Waals surface area contributed by atoms with Crippen molar-refractivity contribution < 1.29 is 0 Å². The van der Waals surface area contributed by atoms with Crippen LogP contribution in [0.4, 0.5) is 0 Å². The van der Waals surface area contributed by atoms with Gasteiger partial charge in [-0.1, -0.05) is 56.3 Å². The van der Waals surface area contributed by atoms with Crippen LogP contribution in [-0.2, 0) is 0 Å². The first-order chi connectivity index (χ1) is 8.20. The summed E-state index contributed by atoms with van der Waals surface area (Å²) in [5.41, 5.74) is 1.42. The van der Waals surface area contributed by atoms with Gasteiger partial charge in [-0.2, -0.15) is 0 Å². The highest BCUT2D eigenvalue weighted by Crippen LogP contribution is 2.28. The summed E-state index contributed by atoms with van der Waals surface area (Å²) < 4.78 is 0. The van der Waals surface area contributed by atoms with E-state index in [2.05, 4.69) is 68.2 Å². The van der Waals surface area contributed by atoms with Crippen molar-refractivity contribution in [3.05, 3.63) is 48.0 Å². The third-order valence-electron chi connectivity index (χ3n) is 3.73. The van der Waals surface area contributed by atoms with Gasteiger partial charge in [0.1, 0.15) is 0 Å². The topological polar surface area (TPSA) is 3.24 Å². The van der Waals surface area contributed by atoms with Gasteiger partial charge in [-0.3, -0.25) is 4.90 Å². The van der Waals surface area contributed by atoms with Gasteiger partial charge in [0.25, 0.3) is 0 Å². The monoisotopic (exact) mass is 229 g/mol. The molecule has 0 bridgehead atoms. The molecule has 2 rings (SSSR count). The largest absolute Gasteiger partial charge is 0.290 e. The van der Waals surface area contributed by atoms with Crippen LogP contribution in [0.25, 0.3) is 0 Å². The number of nitrogens with zero attached hydrogens (tertiary/aromatic N) is 1. The van der Waals surface area contributed by atoms with Crippen LogP contribution in [-0.4, -0.2) is 17.5 Å². The normalized spacial score (nSPS) is 22.9. The van der Waals surface area contributed by atoms with Crippen LogP contribution in [0.2, 0.25) is 0 Å². The lowest BCUT2D eigenvalue weighted by atomic mass is 9.95. The minimum atomic E-state index is 0.508. The van der Waals surface area contributed by atoms with E-state index in [1.54, 1.807) is 0 Å². The third kappa shape index (κ3) is 2.78. The lowest BCUT2D eigenvalue weighted by Gasteiger charge is -2.39. The Labute approximate surface area is 105 Å². The van der Waals surface area contributed by atoms with Crippen LogP contribution in [0.5, 0.6) is 0 Å². The summed E-state index contributed by atoms with van der Waals surface area (Å²) in [6.45, 7) is 8.12. The first-order valence-electron chi connectivity index (χ1n) is 6.67. The van der Waals surface area contributed by atoms with Gasteiger partial charge in [0.2, 0.25) is 0 Å². The Morgan fingerprint density at radius 2 is 1.82 bits per heavy atom. The number of hydrogen-bond donors (Lipinski definition) is 0. The van der Waals surface area contributed by atoms with Crippen LogP contribution in [0.15, 0.2) is 42.5 Å². The zero-order valence-corrected chi connectivity index (χ0v) is 11.1. The summed E-state index contributed by atoms with van der Waals surface area (Å²) in [4.78, 5) is 2.62. The number of hydrogen-bond acceptors (Lipinski definition) is 1. The van der Waals surface area contributed by atoms with Gasteiger partial charge >= 0.3 is 0 Å². The van der Waals surface area contributed by atoms with Gasteiger partial charge in [0.15, 0.2) is 0 Å². The summed E-state index contributed by atoms with van der Waals surface area (Å²) in [6.07, 6.45) is 5.90. The molecule has 0 radical (unpaired) electrons. The van der Waals surface area contributed by atoms with Gasteiger partial charge in [-0.05, 0) is 24.8 Å². The molecule has 0 amide bonds. The number of benzene rings is 1. The Bertz CT molecular complexity index is 366. The van der Waals surface area contributed by atoms with E-state index >= 15 is 0 Å². The van der Waals surface area contributed by atoms with Crippen molar-refractivity contribution >= 4 is 0 Å². The van der Waals surface area contributed by atoms with Crippen molar-refractivity contribution in [2.45, 2.75) is 39.3 Å². The fourth-order valence-electron chi connectivity index (χ4n) is 2.70. The number of rotatable bonds is 3. The third-order valence-corrected chi connectivity index (χ3v) is 3.73. The van der Waals surface area contributed by atoms with E-state index in [-0.39, 0.29) is 0 Å². The van der Waals surface area contributed by atoms with E-state index in [4.69, 9.17) is 0 Å². The van der Waals surface area contributed by atoms with E-state index < -0.39 is 0 Å². The molecular formula is C16H23N. The molecule has 1 heteroatoms. The highest BCUT2D eigenvalue weighted by molar-refractivity contribution is 5.19. The smallest absolute Gasteiger partial charge is 0.0326 e. The molecule has 1 aromatic carbocycles. The van der Waals surface area contributed by atoms with Crippen LogP contribution < -0.4 is 0 Å². The summed E-state index contributed by atoms with van der Waals surface area (Å²) in [6, 6.07) is 11.9. The van der Waals surface area contributed by atoms with E-state index in [1.165, 1.54) is 18.5 Å². The average molecular weight is 229 g/mol. The minimum absolute atomic E-state index is 0.508. The average Bonchev–Trinajstić information content (AvgIpc) is 2.39. The molecular weight excluding hydrogens is 206 g/mol. The molecule has 0 fully saturated rings. The zero-order valence-electron chi connectivity index (χ0n) is 11.1. The van der Waals surface area contributed by atoms with E-state index in [9.17, 15) is 0 Å². The van der Waals surface area contributed by atoms with Crippen LogP contribution >= 0.6 is 0 Å². The molecule has 0 aliphatic carbocycles. The van der Waals surface area contributed by atoms with Crippen molar-refractivity contribution in [3.8, 4) is 0 Å². The quantitative estimate of drug-likeness (QED) is 0.707. The molecule has 1 aliphatic heterocycles. The molecule has 0 N–H and O–H groups in total. The van der Waals surface area contributed by atoms with E-state index in [0.717, 1.165) is 0 Å². The molecule has 0 unspecified atom stereocenters. The van der Waals surface area contributed by atoms with Gasteiger partial charge < -0.3 is 0 Å². The maximum Gasteiger partial charge on any atom is 0.0326 e. The minimum Gasteiger partial charge on any atom is -0.290 e. The van der Waals surface area contributed by atoms with E-state index in [0.29, 0.717) is 18.0 Å². The second-order valence-electron chi connectivity index (χ2n) is 5.28. The Kier molecular flexibility index (Phi) is 4.01. The van der Waals surface area contributed by atoms with Crippen molar-refractivity contribution in [2.24, 2.45) is 5.92 Å². The first kappa shape index (κ1) is 12.4. The molecule has 92 valence electrons. The SMILES string of the molecule is CC(C)[C@H]1C=CCCN1[C@@H](C)c1ccccc1. The van der Waals surface area contributed by atoms with Crippen molar-refractivity contribution in [2.75, 3.05) is 6.54 Å². The molecule has 1 aromatic rings. The predicted octanol–water partition coefficient (Wildman–Crippen LogP) is 4.03. The Hall–Kier alpha value is -1.08. The molecule has 0 saturated carbocycles. The van der Waals surface area contributed by atoms with Gasteiger partial charge in [0, 0.05) is 18.6 Å². The first-order valence-corrected chi connectivity index (χ1v) is 6.67. The van der Waals surface area contributed by atoms with Crippen molar-refractivity contribution in [1.82, 2.24) is 4.90 Å². The highest BCUT2D eigenvalue weighted by Gasteiger charge is 2.26. The Balaban J connectivity index is 2.18. The zero-order chi connectivity index (χ0) is 12.3. The van der Waals surface area contributed by atoms with Crippen molar-refractivity contribution in [3.63, 3.8) is 0 Å². The lowest BCUT2D eigenvalue weighted by molar-refractivity contribution is 0.134. The molecule has 2 atom stereocenters. The fraction of sp³-hybridized carbons (Fsp3) is 0.500. The second-order valence-corrected chi connectivity index (χ2v) is 5.28. The molecule has 1 heterocycles. The van der Waals surface area contributed by atoms with E-state index in [1.807, 2.05) is 0 Å². The maximum atomic E-state index is 2.62. The summed E-state index contributed by atoms with van der Waals surface area (Å²) >= 11 is 0. The van der Waals surface area contributed by atoms with Gasteiger partial charge in [-0.15, -0.1) is 0 Å². The standard InChI is InChI=1S/C16H23N/c1-13(2)16-11-7-8-12-17(16)14(3)15-9-5-4-6-10-15/h4-7,9-11,13-14,16H,8,12H2,1-3H3/t14-,16+/m0/s1. The maximum absolute atomic E-state index is 2.62. The van der Waals surface area contributed by atoms with Crippen LogP contribution in [0.1, 0.15) is 38.8 Å². The molecule has 0 saturated heterocycles. The molecule has 1 aliphatic rings. The Morgan fingerprint density at radius 1 is 1.12 bits per heavy atom. The van der Waals surface area contributed by atoms with Crippen LogP contribution in [0.3, 0.4) is 0 Å². The highest BCUT2D eigenvalue weighted by atomic mass is 15.2. The van der Waals surface area contributed by atoms with Crippen LogP contribution in [0, 0.1) is 5.92 Å². The lowest BCUT2D eigenvalue weighted by Crippen LogP contribution is -2.41. The summed E-state index contributed by atoms with van der Waals surface area (Å²) in [5.74, 6) is 0.678.